The van der Waals surface area contributed by atoms with Gasteiger partial charge in [-0.15, -0.1) is 6.58 Å². The number of benzene rings is 3. The predicted octanol–water partition coefficient (Wildman–Crippen LogP) is 6.24. The van der Waals surface area contributed by atoms with Crippen LogP contribution >= 0.6 is 0 Å². The average molecular weight is 356 g/mol. The second kappa shape index (κ2) is 7.50. The summed E-state index contributed by atoms with van der Waals surface area (Å²) >= 11 is 0. The number of hydrogen-bond acceptors (Lipinski definition) is 1. The summed E-state index contributed by atoms with van der Waals surface area (Å²) in [6.45, 7) is 4.71. The molecule has 27 heavy (non-hydrogen) atoms. The van der Waals surface area contributed by atoms with Crippen molar-refractivity contribution in [2.24, 2.45) is 0 Å². The molecule has 1 heterocycles. The Bertz CT molecular complexity index is 1070. The van der Waals surface area contributed by atoms with Gasteiger partial charge in [0.2, 0.25) is 0 Å². The minimum absolute atomic E-state index is 0.133. The third kappa shape index (κ3) is 3.49. The van der Waals surface area contributed by atoms with Crippen LogP contribution in [-0.4, -0.2) is 4.98 Å². The lowest BCUT2D eigenvalue weighted by Gasteiger charge is -2.16. The highest BCUT2D eigenvalue weighted by molar-refractivity contribution is 5.95. The van der Waals surface area contributed by atoms with Gasteiger partial charge >= 0.3 is 0 Å². The summed E-state index contributed by atoms with van der Waals surface area (Å²) < 4.78 is 13.8. The van der Waals surface area contributed by atoms with E-state index in [9.17, 15) is 4.39 Å². The normalized spacial score (nSPS) is 12.0. The lowest BCUT2D eigenvalue weighted by Crippen LogP contribution is -2.05. The zero-order valence-electron chi connectivity index (χ0n) is 15.0. The lowest BCUT2D eigenvalue weighted by atomic mass is 9.94. The number of aromatic amines is 1. The van der Waals surface area contributed by atoms with Crippen molar-refractivity contribution in [3.8, 4) is 0 Å². The molecule has 0 saturated carbocycles. The molecular weight excluding hydrogens is 335 g/mol. The largest absolute Gasteiger partial charge is 0.379 e. The van der Waals surface area contributed by atoms with Gasteiger partial charge in [-0.25, -0.2) is 4.39 Å². The first kappa shape index (κ1) is 17.1. The van der Waals surface area contributed by atoms with Gasteiger partial charge in [-0.05, 0) is 29.3 Å². The maximum atomic E-state index is 13.8. The van der Waals surface area contributed by atoms with E-state index in [4.69, 9.17) is 0 Å². The van der Waals surface area contributed by atoms with Crippen LogP contribution in [0.15, 0.2) is 91.5 Å². The molecule has 0 aliphatic rings. The van der Waals surface area contributed by atoms with Gasteiger partial charge in [0.25, 0.3) is 0 Å². The van der Waals surface area contributed by atoms with Crippen molar-refractivity contribution in [2.75, 3.05) is 5.32 Å². The predicted molar refractivity (Wildman–Crippen MR) is 111 cm³/mol. The SMILES string of the molecule is C=C[C@H](c1cccc(F)c1)c1[nH]c2ccccc2c1NCc1ccccc1. The van der Waals surface area contributed by atoms with Crippen molar-refractivity contribution < 1.29 is 4.39 Å². The summed E-state index contributed by atoms with van der Waals surface area (Å²) in [7, 11) is 0. The third-order valence-corrected chi connectivity index (χ3v) is 4.80. The van der Waals surface area contributed by atoms with Crippen molar-refractivity contribution in [1.82, 2.24) is 4.98 Å². The minimum Gasteiger partial charge on any atom is -0.379 e. The van der Waals surface area contributed by atoms with Crippen molar-refractivity contribution in [3.05, 3.63) is 114 Å². The van der Waals surface area contributed by atoms with E-state index in [1.807, 2.05) is 42.5 Å². The van der Waals surface area contributed by atoms with E-state index in [2.05, 4.69) is 41.1 Å². The van der Waals surface area contributed by atoms with Crippen molar-refractivity contribution in [1.29, 1.82) is 0 Å². The first-order chi connectivity index (χ1) is 13.3. The standard InChI is InChI=1S/C24H21FN2/c1-2-20(18-11-8-12-19(25)15-18)24-23(21-13-6-7-14-22(21)27-24)26-16-17-9-4-3-5-10-17/h2-15,20,26-27H,1,16H2/t20-/m1/s1. The summed E-state index contributed by atoms with van der Waals surface area (Å²) in [4.78, 5) is 3.51. The molecule has 0 aliphatic heterocycles. The number of para-hydroxylation sites is 1. The van der Waals surface area contributed by atoms with Gasteiger partial charge in [-0.1, -0.05) is 66.7 Å². The van der Waals surface area contributed by atoms with Crippen LogP contribution in [-0.2, 0) is 6.54 Å². The molecule has 3 aromatic carbocycles. The molecule has 0 unspecified atom stereocenters. The molecule has 3 heteroatoms. The van der Waals surface area contributed by atoms with E-state index < -0.39 is 0 Å². The van der Waals surface area contributed by atoms with Crippen molar-refractivity contribution in [2.45, 2.75) is 12.5 Å². The summed E-state index contributed by atoms with van der Waals surface area (Å²) in [6.07, 6.45) is 1.85. The van der Waals surface area contributed by atoms with E-state index in [1.54, 1.807) is 12.1 Å². The first-order valence-electron chi connectivity index (χ1n) is 9.02. The van der Waals surface area contributed by atoms with Gasteiger partial charge in [0.05, 0.1) is 11.4 Å². The van der Waals surface area contributed by atoms with Crippen LogP contribution in [0, 0.1) is 5.82 Å². The van der Waals surface area contributed by atoms with Crippen LogP contribution in [0.25, 0.3) is 10.9 Å². The number of allylic oxidation sites excluding steroid dienone is 1. The summed E-state index contributed by atoms with van der Waals surface area (Å²) in [5, 5.41) is 4.70. The second-order valence-corrected chi connectivity index (χ2v) is 6.57. The highest BCUT2D eigenvalue weighted by atomic mass is 19.1. The highest BCUT2D eigenvalue weighted by Crippen LogP contribution is 2.36. The molecule has 1 atom stereocenters. The highest BCUT2D eigenvalue weighted by Gasteiger charge is 2.20. The Morgan fingerprint density at radius 2 is 1.74 bits per heavy atom. The fourth-order valence-electron chi connectivity index (χ4n) is 3.49. The quantitative estimate of drug-likeness (QED) is 0.393. The summed E-state index contributed by atoms with van der Waals surface area (Å²) in [6, 6.07) is 25.2. The van der Waals surface area contributed by atoms with Crippen LogP contribution in [0.1, 0.15) is 22.7 Å². The number of fused-ring (bicyclic) bond motifs is 1. The fraction of sp³-hybridized carbons (Fsp3) is 0.0833. The smallest absolute Gasteiger partial charge is 0.123 e. The molecule has 0 fully saturated rings. The lowest BCUT2D eigenvalue weighted by molar-refractivity contribution is 0.625. The van der Waals surface area contributed by atoms with Crippen LogP contribution in [0.2, 0.25) is 0 Å². The van der Waals surface area contributed by atoms with Gasteiger partial charge in [0.1, 0.15) is 5.82 Å². The van der Waals surface area contributed by atoms with E-state index >= 15 is 0 Å². The van der Waals surface area contributed by atoms with Gasteiger partial charge < -0.3 is 10.3 Å². The van der Waals surface area contributed by atoms with Crippen LogP contribution < -0.4 is 5.32 Å². The molecule has 0 amide bonds. The van der Waals surface area contributed by atoms with Gasteiger partial charge in [0, 0.05) is 23.4 Å². The maximum Gasteiger partial charge on any atom is 0.123 e. The number of aromatic nitrogens is 1. The number of hydrogen-bond donors (Lipinski definition) is 2. The molecule has 0 saturated heterocycles. The molecule has 134 valence electrons. The number of halogens is 1. The van der Waals surface area contributed by atoms with Crippen molar-refractivity contribution in [3.63, 3.8) is 0 Å². The molecule has 0 spiro atoms. The monoisotopic (exact) mass is 356 g/mol. The van der Waals surface area contributed by atoms with E-state index in [0.717, 1.165) is 27.8 Å². The van der Waals surface area contributed by atoms with Crippen molar-refractivity contribution >= 4 is 16.6 Å². The van der Waals surface area contributed by atoms with Crippen LogP contribution in [0.3, 0.4) is 0 Å². The molecule has 1 aromatic heterocycles. The van der Waals surface area contributed by atoms with Gasteiger partial charge in [0.15, 0.2) is 0 Å². The van der Waals surface area contributed by atoms with Crippen LogP contribution in [0.5, 0.6) is 0 Å². The minimum atomic E-state index is -0.241. The Labute approximate surface area is 158 Å². The Balaban J connectivity index is 1.78. The molecule has 4 rings (SSSR count). The molecule has 2 nitrogen and oxygen atoms in total. The van der Waals surface area contributed by atoms with Crippen LogP contribution in [0.4, 0.5) is 10.1 Å². The maximum absolute atomic E-state index is 13.8. The molecule has 0 aliphatic carbocycles. The second-order valence-electron chi connectivity index (χ2n) is 6.57. The van der Waals surface area contributed by atoms with E-state index in [-0.39, 0.29) is 11.7 Å². The topological polar surface area (TPSA) is 27.8 Å². The zero-order chi connectivity index (χ0) is 18.6. The summed E-state index contributed by atoms with van der Waals surface area (Å²) in [5.41, 5.74) is 5.15. The Hall–Kier alpha value is -3.33. The summed E-state index contributed by atoms with van der Waals surface area (Å²) in [5.74, 6) is -0.374. The number of H-pyrrole nitrogens is 1. The molecule has 4 aromatic rings. The first-order valence-corrected chi connectivity index (χ1v) is 9.02. The zero-order valence-corrected chi connectivity index (χ0v) is 15.0. The molecule has 0 radical (unpaired) electrons. The fourth-order valence-corrected chi connectivity index (χ4v) is 3.49. The Morgan fingerprint density at radius 1 is 0.963 bits per heavy atom. The van der Waals surface area contributed by atoms with Gasteiger partial charge in [-0.2, -0.15) is 0 Å². The Kier molecular flexibility index (Phi) is 4.75. The number of rotatable bonds is 6. The average Bonchev–Trinajstić information content (AvgIpc) is 3.06. The van der Waals surface area contributed by atoms with E-state index in [0.29, 0.717) is 6.54 Å². The number of nitrogens with one attached hydrogen (secondary N) is 2. The van der Waals surface area contributed by atoms with E-state index in [1.165, 1.54) is 11.6 Å². The number of anilines is 1. The molecule has 0 bridgehead atoms. The van der Waals surface area contributed by atoms with Gasteiger partial charge in [-0.3, -0.25) is 0 Å². The Morgan fingerprint density at radius 3 is 2.52 bits per heavy atom. The third-order valence-electron chi connectivity index (χ3n) is 4.80. The molecular formula is C24H21FN2. The molecule has 2 N–H and O–H groups in total.